The van der Waals surface area contributed by atoms with Gasteiger partial charge in [0.05, 0.1) is 13.0 Å². The lowest BCUT2D eigenvalue weighted by Gasteiger charge is -1.93. The number of aryl methyl sites for hydroxylation is 1. The van der Waals surface area contributed by atoms with E-state index >= 15 is 0 Å². The Bertz CT molecular complexity index is 210. The molecular formula is C8H11NO+. The summed E-state index contributed by atoms with van der Waals surface area (Å²) < 4.78 is 1.97. The highest BCUT2D eigenvalue weighted by Crippen LogP contribution is 1.90. The predicted octanol–water partition coefficient (Wildman–Crippen LogP) is 0.484. The van der Waals surface area contributed by atoms with Gasteiger partial charge in [-0.2, -0.15) is 0 Å². The minimum atomic E-state index is -0.0299. The normalized spacial score (nSPS) is 9.80. The largest absolute Gasteiger partial charge is 0.236 e. The van der Waals surface area contributed by atoms with E-state index in [0.717, 1.165) is 5.69 Å². The van der Waals surface area contributed by atoms with Crippen molar-refractivity contribution < 1.29 is 9.67 Å². The number of pyridine rings is 1. The summed E-state index contributed by atoms with van der Waals surface area (Å²) in [5.74, 6) is 0. The Balaban J connectivity index is 2.81. The predicted molar refractivity (Wildman–Crippen MR) is 36.9 cm³/mol. The molecule has 2 heteroatoms. The minimum Gasteiger partial charge on any atom is -0.236 e. The van der Waals surface area contributed by atoms with Gasteiger partial charge >= 0.3 is 0 Å². The molecule has 1 heterocycles. The first kappa shape index (κ1) is 7.22. The van der Waals surface area contributed by atoms with E-state index in [0.29, 0.717) is 6.42 Å². The van der Waals surface area contributed by atoms with Gasteiger partial charge < -0.3 is 0 Å². The van der Waals surface area contributed by atoms with E-state index in [2.05, 4.69) is 0 Å². The molecule has 0 aliphatic rings. The van der Waals surface area contributed by atoms with Crippen molar-refractivity contribution in [2.24, 2.45) is 7.05 Å². The molecule has 1 radical (unpaired) electrons. The van der Waals surface area contributed by atoms with Crippen LogP contribution in [0.5, 0.6) is 0 Å². The first-order valence-electron chi connectivity index (χ1n) is 3.36. The van der Waals surface area contributed by atoms with E-state index in [-0.39, 0.29) is 6.61 Å². The van der Waals surface area contributed by atoms with Gasteiger partial charge in [0.15, 0.2) is 11.9 Å². The summed E-state index contributed by atoms with van der Waals surface area (Å²) >= 11 is 0. The Morgan fingerprint density at radius 1 is 1.50 bits per heavy atom. The van der Waals surface area contributed by atoms with Crippen molar-refractivity contribution in [2.75, 3.05) is 6.61 Å². The fourth-order valence-electron chi connectivity index (χ4n) is 0.923. The molecule has 0 amide bonds. The molecular weight excluding hydrogens is 126 g/mol. The van der Waals surface area contributed by atoms with Crippen LogP contribution in [0.1, 0.15) is 5.69 Å². The molecule has 0 aromatic carbocycles. The Morgan fingerprint density at radius 3 is 2.90 bits per heavy atom. The van der Waals surface area contributed by atoms with Crippen LogP contribution in [0.2, 0.25) is 0 Å². The van der Waals surface area contributed by atoms with Gasteiger partial charge in [0.25, 0.3) is 0 Å². The molecule has 1 aromatic heterocycles. The maximum atomic E-state index is 10.2. The quantitative estimate of drug-likeness (QED) is 0.529. The van der Waals surface area contributed by atoms with Crippen molar-refractivity contribution in [3.8, 4) is 0 Å². The lowest BCUT2D eigenvalue weighted by atomic mass is 10.3. The molecule has 0 saturated carbocycles. The number of aromatic nitrogens is 1. The summed E-state index contributed by atoms with van der Waals surface area (Å²) in [6.45, 7) is -0.0299. The topological polar surface area (TPSA) is 23.8 Å². The molecule has 0 unspecified atom stereocenters. The van der Waals surface area contributed by atoms with Gasteiger partial charge in [-0.3, -0.25) is 0 Å². The van der Waals surface area contributed by atoms with Crippen LogP contribution in [-0.2, 0) is 18.6 Å². The molecule has 0 bridgehead atoms. The summed E-state index contributed by atoms with van der Waals surface area (Å²) in [6, 6.07) is 5.87. The van der Waals surface area contributed by atoms with E-state index in [4.69, 9.17) is 0 Å². The third-order valence-corrected chi connectivity index (χ3v) is 1.52. The smallest absolute Gasteiger partial charge is 0.183 e. The third kappa shape index (κ3) is 1.54. The highest BCUT2D eigenvalue weighted by Gasteiger charge is 2.01. The number of hydrogen-bond acceptors (Lipinski definition) is 0. The van der Waals surface area contributed by atoms with Crippen molar-refractivity contribution in [3.05, 3.63) is 30.1 Å². The minimum absolute atomic E-state index is 0.0299. The molecule has 0 spiro atoms. The second-order valence-electron chi connectivity index (χ2n) is 2.26. The zero-order chi connectivity index (χ0) is 7.40. The average Bonchev–Trinajstić information content (AvgIpc) is 1.94. The van der Waals surface area contributed by atoms with Gasteiger partial charge in [0, 0.05) is 12.1 Å². The van der Waals surface area contributed by atoms with Gasteiger partial charge in [-0.25, -0.2) is 9.67 Å². The average molecular weight is 137 g/mol. The Labute approximate surface area is 60.8 Å². The number of nitrogens with zero attached hydrogens (tertiary/aromatic N) is 1. The standard InChI is InChI=1S/C8H11NO/c1-9-6-3-2-4-8(9)5-7-10/h2-4,6H,5,7H2,1H3/q+1. The molecule has 0 aliphatic carbocycles. The highest BCUT2D eigenvalue weighted by molar-refractivity contribution is 4.96. The molecule has 0 aliphatic heterocycles. The van der Waals surface area contributed by atoms with Gasteiger partial charge in [-0.15, -0.1) is 0 Å². The van der Waals surface area contributed by atoms with Crippen LogP contribution >= 0.6 is 0 Å². The molecule has 0 fully saturated rings. The summed E-state index contributed by atoms with van der Waals surface area (Å²) in [6.07, 6.45) is 2.57. The molecule has 10 heavy (non-hydrogen) atoms. The van der Waals surface area contributed by atoms with Crippen molar-refractivity contribution in [3.63, 3.8) is 0 Å². The first-order chi connectivity index (χ1) is 4.84. The molecule has 2 nitrogen and oxygen atoms in total. The van der Waals surface area contributed by atoms with Gasteiger partial charge in [0.1, 0.15) is 7.05 Å². The zero-order valence-electron chi connectivity index (χ0n) is 6.08. The van der Waals surface area contributed by atoms with Crippen LogP contribution in [0.25, 0.3) is 0 Å². The summed E-state index contributed by atoms with van der Waals surface area (Å²) in [5, 5.41) is 10.2. The van der Waals surface area contributed by atoms with Gasteiger partial charge in [-0.1, -0.05) is 6.07 Å². The molecule has 0 atom stereocenters. The molecule has 0 N–H and O–H groups in total. The second kappa shape index (κ2) is 3.32. The van der Waals surface area contributed by atoms with Crippen molar-refractivity contribution in [1.82, 2.24) is 0 Å². The van der Waals surface area contributed by atoms with Crippen LogP contribution in [0.3, 0.4) is 0 Å². The second-order valence-corrected chi connectivity index (χ2v) is 2.26. The maximum Gasteiger partial charge on any atom is 0.183 e. The van der Waals surface area contributed by atoms with E-state index in [1.807, 2.05) is 36.0 Å². The number of rotatable bonds is 2. The SMILES string of the molecule is C[n+]1ccccc1CC[O]. The molecule has 1 aromatic rings. The molecule has 1 rings (SSSR count). The van der Waals surface area contributed by atoms with E-state index in [1.54, 1.807) is 0 Å². The van der Waals surface area contributed by atoms with Gasteiger partial charge in [-0.05, 0) is 0 Å². The van der Waals surface area contributed by atoms with E-state index < -0.39 is 0 Å². The summed E-state index contributed by atoms with van der Waals surface area (Å²) in [7, 11) is 1.95. The highest BCUT2D eigenvalue weighted by atomic mass is 16.3. The summed E-state index contributed by atoms with van der Waals surface area (Å²) in [5.41, 5.74) is 1.09. The van der Waals surface area contributed by atoms with Gasteiger partial charge in [0.2, 0.25) is 0 Å². The van der Waals surface area contributed by atoms with Crippen LogP contribution in [-0.4, -0.2) is 6.61 Å². The maximum absolute atomic E-state index is 10.2. The summed E-state index contributed by atoms with van der Waals surface area (Å²) in [4.78, 5) is 0. The lowest BCUT2D eigenvalue weighted by molar-refractivity contribution is -0.679. The van der Waals surface area contributed by atoms with Crippen LogP contribution in [0.4, 0.5) is 0 Å². The van der Waals surface area contributed by atoms with E-state index in [1.165, 1.54) is 0 Å². The Morgan fingerprint density at radius 2 is 2.30 bits per heavy atom. The fourth-order valence-corrected chi connectivity index (χ4v) is 0.923. The Hall–Kier alpha value is -0.890. The third-order valence-electron chi connectivity index (χ3n) is 1.52. The fraction of sp³-hybridized carbons (Fsp3) is 0.375. The van der Waals surface area contributed by atoms with Crippen LogP contribution < -0.4 is 4.57 Å². The lowest BCUT2D eigenvalue weighted by Crippen LogP contribution is -2.32. The monoisotopic (exact) mass is 137 g/mol. The van der Waals surface area contributed by atoms with E-state index in [9.17, 15) is 5.11 Å². The molecule has 53 valence electrons. The first-order valence-corrected chi connectivity index (χ1v) is 3.36. The van der Waals surface area contributed by atoms with Crippen molar-refractivity contribution >= 4 is 0 Å². The Kier molecular flexibility index (Phi) is 2.40. The van der Waals surface area contributed by atoms with Crippen molar-refractivity contribution in [1.29, 1.82) is 0 Å². The zero-order valence-corrected chi connectivity index (χ0v) is 6.08. The van der Waals surface area contributed by atoms with Crippen molar-refractivity contribution in [2.45, 2.75) is 6.42 Å². The van der Waals surface area contributed by atoms with Crippen LogP contribution in [0, 0.1) is 0 Å². The van der Waals surface area contributed by atoms with Crippen LogP contribution in [0.15, 0.2) is 24.4 Å². The molecule has 0 saturated heterocycles. The number of hydrogen-bond donors (Lipinski definition) is 0.